The van der Waals surface area contributed by atoms with Crippen LogP contribution in [0, 0.1) is 11.3 Å². The number of anilines is 3. The molecule has 0 radical (unpaired) electrons. The minimum atomic E-state index is -0.429. The van der Waals surface area contributed by atoms with E-state index in [9.17, 15) is 9.59 Å². The first kappa shape index (κ1) is 22.2. The summed E-state index contributed by atoms with van der Waals surface area (Å²) in [5.41, 5.74) is 3.07. The minimum Gasteiger partial charge on any atom is -0.371 e. The molecular formula is C24H29N5O2. The number of nitriles is 1. The Morgan fingerprint density at radius 1 is 1.00 bits per heavy atom. The average Bonchev–Trinajstić information content (AvgIpc) is 2.80. The maximum atomic E-state index is 13.2. The van der Waals surface area contributed by atoms with E-state index in [0.29, 0.717) is 35.6 Å². The van der Waals surface area contributed by atoms with Crippen LogP contribution in [0.3, 0.4) is 0 Å². The van der Waals surface area contributed by atoms with Crippen LogP contribution in [0.2, 0.25) is 0 Å². The summed E-state index contributed by atoms with van der Waals surface area (Å²) in [6.07, 6.45) is 3.44. The van der Waals surface area contributed by atoms with E-state index in [2.05, 4.69) is 21.6 Å². The largest absolute Gasteiger partial charge is 0.371 e. The molecule has 0 unspecified atom stereocenters. The fourth-order valence-corrected chi connectivity index (χ4v) is 3.84. The summed E-state index contributed by atoms with van der Waals surface area (Å²) in [7, 11) is 0. The lowest BCUT2D eigenvalue weighted by Gasteiger charge is -2.31. The number of benzene rings is 2. The van der Waals surface area contributed by atoms with E-state index < -0.39 is 6.03 Å². The molecule has 3 rings (SSSR count). The number of nitrogens with zero attached hydrogens (tertiary/aromatic N) is 3. The van der Waals surface area contributed by atoms with E-state index in [0.717, 1.165) is 31.6 Å². The van der Waals surface area contributed by atoms with Gasteiger partial charge in [-0.15, -0.1) is 0 Å². The van der Waals surface area contributed by atoms with Crippen molar-refractivity contribution in [2.45, 2.75) is 33.1 Å². The molecule has 2 N–H and O–H groups in total. The van der Waals surface area contributed by atoms with Gasteiger partial charge in [-0.2, -0.15) is 5.26 Å². The lowest BCUT2D eigenvalue weighted by Crippen LogP contribution is -2.35. The zero-order valence-electron chi connectivity index (χ0n) is 18.1. The monoisotopic (exact) mass is 419 g/mol. The van der Waals surface area contributed by atoms with Crippen molar-refractivity contribution < 1.29 is 9.59 Å². The molecule has 2 aromatic rings. The molecule has 2 aromatic carbocycles. The Labute approximate surface area is 183 Å². The molecule has 0 spiro atoms. The van der Waals surface area contributed by atoms with Gasteiger partial charge in [0, 0.05) is 43.2 Å². The van der Waals surface area contributed by atoms with Crippen molar-refractivity contribution in [1.82, 2.24) is 4.90 Å². The van der Waals surface area contributed by atoms with Crippen LogP contribution in [0.15, 0.2) is 42.5 Å². The van der Waals surface area contributed by atoms with Crippen molar-refractivity contribution in [3.05, 3.63) is 53.6 Å². The highest BCUT2D eigenvalue weighted by Crippen LogP contribution is 2.28. The number of piperidine rings is 1. The Balaban J connectivity index is 1.83. The number of carbonyl (C=O) groups excluding carboxylic acids is 2. The molecule has 1 saturated heterocycles. The van der Waals surface area contributed by atoms with Crippen LogP contribution in [0.5, 0.6) is 0 Å². The second kappa shape index (κ2) is 10.5. The normalized spacial score (nSPS) is 13.3. The maximum absolute atomic E-state index is 13.2. The van der Waals surface area contributed by atoms with Gasteiger partial charge in [-0.25, -0.2) is 4.79 Å². The maximum Gasteiger partial charge on any atom is 0.323 e. The fraction of sp³-hybridized carbons (Fsp3) is 0.375. The first-order valence-corrected chi connectivity index (χ1v) is 10.8. The SMILES string of the molecule is CCN(CC)C(=O)c1cc(NC(=O)Nc2cccc(C#N)c2)ccc1N1CCCCC1. The van der Waals surface area contributed by atoms with Gasteiger partial charge in [-0.3, -0.25) is 4.79 Å². The summed E-state index contributed by atoms with van der Waals surface area (Å²) >= 11 is 0. The van der Waals surface area contributed by atoms with Gasteiger partial charge in [0.2, 0.25) is 0 Å². The zero-order chi connectivity index (χ0) is 22.2. The van der Waals surface area contributed by atoms with E-state index >= 15 is 0 Å². The average molecular weight is 420 g/mol. The van der Waals surface area contributed by atoms with Gasteiger partial charge < -0.3 is 20.4 Å². The van der Waals surface area contributed by atoms with E-state index in [-0.39, 0.29) is 5.91 Å². The summed E-state index contributed by atoms with van der Waals surface area (Å²) < 4.78 is 0. The summed E-state index contributed by atoms with van der Waals surface area (Å²) in [5.74, 6) is -0.0312. The third kappa shape index (κ3) is 5.54. The molecule has 0 atom stereocenters. The summed E-state index contributed by atoms with van der Waals surface area (Å²) in [4.78, 5) is 29.7. The second-order valence-corrected chi connectivity index (χ2v) is 7.53. The predicted octanol–water partition coefficient (Wildman–Crippen LogP) is 4.67. The highest BCUT2D eigenvalue weighted by atomic mass is 16.2. The van der Waals surface area contributed by atoms with E-state index in [1.54, 1.807) is 35.2 Å². The third-order valence-electron chi connectivity index (χ3n) is 5.48. The molecule has 0 aliphatic carbocycles. The molecule has 1 aliphatic rings. The van der Waals surface area contributed by atoms with Crippen molar-refractivity contribution in [2.24, 2.45) is 0 Å². The molecule has 1 fully saturated rings. The molecule has 162 valence electrons. The quantitative estimate of drug-likeness (QED) is 0.712. The minimum absolute atomic E-state index is 0.0312. The van der Waals surface area contributed by atoms with Gasteiger partial charge in [-0.1, -0.05) is 6.07 Å². The van der Waals surface area contributed by atoms with Crippen LogP contribution in [0.1, 0.15) is 49.0 Å². The molecule has 3 amide bonds. The Morgan fingerprint density at radius 2 is 1.68 bits per heavy atom. The molecule has 1 heterocycles. The number of carbonyl (C=O) groups is 2. The van der Waals surface area contributed by atoms with Crippen molar-refractivity contribution in [1.29, 1.82) is 5.26 Å². The summed E-state index contributed by atoms with van der Waals surface area (Å²) in [6, 6.07) is 13.8. The molecule has 1 aliphatic heterocycles. The number of hydrogen-bond acceptors (Lipinski definition) is 4. The van der Waals surface area contributed by atoms with E-state index in [1.165, 1.54) is 6.42 Å². The van der Waals surface area contributed by atoms with Crippen LogP contribution >= 0.6 is 0 Å². The van der Waals surface area contributed by atoms with Crippen molar-refractivity contribution in [3.63, 3.8) is 0 Å². The van der Waals surface area contributed by atoms with E-state index in [1.807, 2.05) is 26.0 Å². The first-order valence-electron chi connectivity index (χ1n) is 10.8. The molecule has 31 heavy (non-hydrogen) atoms. The summed E-state index contributed by atoms with van der Waals surface area (Å²) in [5, 5.41) is 14.6. The van der Waals surface area contributed by atoms with Crippen LogP contribution in [0.25, 0.3) is 0 Å². The molecular weight excluding hydrogens is 390 g/mol. The van der Waals surface area contributed by atoms with Crippen molar-refractivity contribution >= 4 is 29.0 Å². The fourth-order valence-electron chi connectivity index (χ4n) is 3.84. The highest BCUT2D eigenvalue weighted by Gasteiger charge is 2.22. The van der Waals surface area contributed by atoms with Gasteiger partial charge in [-0.05, 0) is 69.5 Å². The lowest BCUT2D eigenvalue weighted by molar-refractivity contribution is 0.0773. The van der Waals surface area contributed by atoms with Gasteiger partial charge in [0.05, 0.1) is 17.2 Å². The van der Waals surface area contributed by atoms with E-state index in [4.69, 9.17) is 5.26 Å². The van der Waals surface area contributed by atoms with Crippen LogP contribution in [-0.2, 0) is 0 Å². The van der Waals surface area contributed by atoms with Crippen LogP contribution in [0.4, 0.5) is 21.9 Å². The zero-order valence-corrected chi connectivity index (χ0v) is 18.1. The first-order chi connectivity index (χ1) is 15.0. The summed E-state index contributed by atoms with van der Waals surface area (Å²) in [6.45, 7) is 7.05. The molecule has 0 saturated carbocycles. The Morgan fingerprint density at radius 3 is 2.32 bits per heavy atom. The Bertz CT molecular complexity index is 972. The van der Waals surface area contributed by atoms with Crippen molar-refractivity contribution in [2.75, 3.05) is 41.7 Å². The lowest BCUT2D eigenvalue weighted by atomic mass is 10.1. The number of amides is 3. The highest BCUT2D eigenvalue weighted by molar-refractivity contribution is 6.04. The Kier molecular flexibility index (Phi) is 7.50. The number of rotatable bonds is 6. The van der Waals surface area contributed by atoms with Crippen LogP contribution < -0.4 is 15.5 Å². The van der Waals surface area contributed by atoms with Crippen molar-refractivity contribution in [3.8, 4) is 6.07 Å². The standard InChI is InChI=1S/C24H29N5O2/c1-3-28(4-2)23(30)21-16-20(11-12-22(21)29-13-6-5-7-14-29)27-24(31)26-19-10-8-9-18(15-19)17-25/h8-12,15-16H,3-7,13-14H2,1-2H3,(H2,26,27,31). The predicted molar refractivity (Wildman–Crippen MR) is 124 cm³/mol. The van der Waals surface area contributed by atoms with Gasteiger partial charge in [0.15, 0.2) is 0 Å². The topological polar surface area (TPSA) is 88.5 Å². The number of urea groups is 1. The third-order valence-corrected chi connectivity index (χ3v) is 5.48. The van der Waals surface area contributed by atoms with Gasteiger partial charge >= 0.3 is 6.03 Å². The molecule has 7 heteroatoms. The molecule has 7 nitrogen and oxygen atoms in total. The van der Waals surface area contributed by atoms with Gasteiger partial charge in [0.1, 0.15) is 0 Å². The Hall–Kier alpha value is -3.53. The van der Waals surface area contributed by atoms with Gasteiger partial charge in [0.25, 0.3) is 5.91 Å². The number of nitrogens with one attached hydrogen (secondary N) is 2. The second-order valence-electron chi connectivity index (χ2n) is 7.53. The molecule has 0 aromatic heterocycles. The molecule has 0 bridgehead atoms. The smallest absolute Gasteiger partial charge is 0.323 e. The van der Waals surface area contributed by atoms with Crippen LogP contribution in [-0.4, -0.2) is 43.0 Å². The number of hydrogen-bond donors (Lipinski definition) is 2.